The van der Waals surface area contributed by atoms with Gasteiger partial charge in [-0.3, -0.25) is 0 Å². The third-order valence-electron chi connectivity index (χ3n) is 6.90. The van der Waals surface area contributed by atoms with Crippen molar-refractivity contribution in [3.05, 3.63) is 34.6 Å². The van der Waals surface area contributed by atoms with Crippen LogP contribution >= 0.6 is 11.6 Å². The van der Waals surface area contributed by atoms with Crippen molar-refractivity contribution in [1.82, 2.24) is 15.5 Å². The Morgan fingerprint density at radius 3 is 2.86 bits per heavy atom. The quantitative estimate of drug-likeness (QED) is 0.387. The Labute approximate surface area is 223 Å². The van der Waals surface area contributed by atoms with E-state index in [1.54, 1.807) is 11.0 Å². The minimum absolute atomic E-state index is 0.0766. The number of rotatable bonds is 10. The first kappa shape index (κ1) is 29.4. The maximum Gasteiger partial charge on any atom is 0.406 e. The van der Waals surface area contributed by atoms with Crippen LogP contribution in [0.3, 0.4) is 0 Å². The van der Waals surface area contributed by atoms with Crippen molar-refractivity contribution >= 4 is 23.7 Å². The van der Waals surface area contributed by atoms with Crippen molar-refractivity contribution in [2.75, 3.05) is 53.1 Å². The summed E-state index contributed by atoms with van der Waals surface area (Å²) in [5, 5.41) is 5.83. The van der Waals surface area contributed by atoms with Gasteiger partial charge in [-0.05, 0) is 61.8 Å². The molecule has 2 aliphatic heterocycles. The molecule has 37 heavy (non-hydrogen) atoms. The third kappa shape index (κ3) is 9.92. The molecule has 0 saturated carbocycles. The lowest BCUT2D eigenvalue weighted by Gasteiger charge is -2.37. The number of benzene rings is 1. The molecule has 0 aliphatic carbocycles. The average Bonchev–Trinajstić information content (AvgIpc) is 3.15. The summed E-state index contributed by atoms with van der Waals surface area (Å²) in [5.41, 5.74) is 6.92. The third-order valence-corrected chi connectivity index (χ3v) is 7.12. The molecule has 1 aromatic rings. The SMILES string of the molecule is COC(=O)NCCOC(c1cc(F)cc(Cl)c1)[C@@H]1CCCN(C(=O)NC[C@H](N)C[C@H]2CCCCOC2)C1. The van der Waals surface area contributed by atoms with E-state index in [0.717, 1.165) is 51.7 Å². The summed E-state index contributed by atoms with van der Waals surface area (Å²) in [5.74, 6) is -0.104. The summed E-state index contributed by atoms with van der Waals surface area (Å²) in [6.45, 7) is 3.43. The monoisotopic (exact) mass is 542 g/mol. The maximum atomic E-state index is 14.2. The van der Waals surface area contributed by atoms with E-state index in [0.29, 0.717) is 31.1 Å². The van der Waals surface area contributed by atoms with Gasteiger partial charge in [-0.15, -0.1) is 0 Å². The van der Waals surface area contributed by atoms with E-state index in [9.17, 15) is 14.0 Å². The van der Waals surface area contributed by atoms with Crippen LogP contribution < -0.4 is 16.4 Å². The highest BCUT2D eigenvalue weighted by molar-refractivity contribution is 6.30. The Balaban J connectivity index is 1.57. The predicted octanol–water partition coefficient (Wildman–Crippen LogP) is 3.85. The molecule has 3 amide bonds. The first-order chi connectivity index (χ1) is 17.9. The lowest BCUT2D eigenvalue weighted by Crippen LogP contribution is -2.49. The number of nitrogens with two attached hydrogens (primary N) is 1. The van der Waals surface area contributed by atoms with Crippen LogP contribution in [0.25, 0.3) is 0 Å². The van der Waals surface area contributed by atoms with Gasteiger partial charge in [0.05, 0.1) is 19.8 Å². The number of alkyl carbamates (subject to hydrolysis) is 1. The van der Waals surface area contributed by atoms with Crippen LogP contribution in [0.5, 0.6) is 0 Å². The Kier molecular flexibility index (Phi) is 12.2. The van der Waals surface area contributed by atoms with Gasteiger partial charge in [0.15, 0.2) is 0 Å². The molecule has 0 spiro atoms. The summed E-state index contributed by atoms with van der Waals surface area (Å²) in [6, 6.07) is 4.02. The van der Waals surface area contributed by atoms with Crippen LogP contribution in [-0.2, 0) is 14.2 Å². The van der Waals surface area contributed by atoms with Gasteiger partial charge in [-0.1, -0.05) is 18.0 Å². The molecule has 0 bridgehead atoms. The molecule has 2 saturated heterocycles. The van der Waals surface area contributed by atoms with Crippen LogP contribution in [0.2, 0.25) is 5.02 Å². The van der Waals surface area contributed by atoms with E-state index < -0.39 is 18.0 Å². The van der Waals surface area contributed by atoms with Gasteiger partial charge >= 0.3 is 12.1 Å². The van der Waals surface area contributed by atoms with Gasteiger partial charge in [-0.25, -0.2) is 14.0 Å². The molecular formula is C26H40ClFN4O5. The van der Waals surface area contributed by atoms with Crippen molar-refractivity contribution in [2.24, 2.45) is 17.6 Å². The van der Waals surface area contributed by atoms with E-state index in [4.69, 9.17) is 26.8 Å². The average molecular weight is 543 g/mol. The Hall–Kier alpha value is -2.14. The minimum Gasteiger partial charge on any atom is -0.453 e. The van der Waals surface area contributed by atoms with Crippen molar-refractivity contribution in [3.8, 4) is 0 Å². The first-order valence-electron chi connectivity index (χ1n) is 13.1. The highest BCUT2D eigenvalue weighted by atomic mass is 35.5. The molecule has 4 N–H and O–H groups in total. The second kappa shape index (κ2) is 15.3. The number of carbonyl (C=O) groups is 2. The summed E-state index contributed by atoms with van der Waals surface area (Å²) in [7, 11) is 1.29. The summed E-state index contributed by atoms with van der Waals surface area (Å²) in [4.78, 5) is 26.1. The Morgan fingerprint density at radius 1 is 1.24 bits per heavy atom. The van der Waals surface area contributed by atoms with Crippen molar-refractivity contribution in [2.45, 2.75) is 50.7 Å². The predicted molar refractivity (Wildman–Crippen MR) is 139 cm³/mol. The van der Waals surface area contributed by atoms with E-state index in [1.165, 1.54) is 19.2 Å². The Morgan fingerprint density at radius 2 is 2.08 bits per heavy atom. The molecular weight excluding hydrogens is 503 g/mol. The van der Waals surface area contributed by atoms with E-state index in [1.807, 2.05) is 0 Å². The smallest absolute Gasteiger partial charge is 0.406 e. The number of nitrogens with one attached hydrogen (secondary N) is 2. The number of hydrogen-bond donors (Lipinski definition) is 3. The number of halogens is 2. The lowest BCUT2D eigenvalue weighted by atomic mass is 9.88. The highest BCUT2D eigenvalue weighted by Crippen LogP contribution is 2.34. The molecule has 9 nitrogen and oxygen atoms in total. The molecule has 0 radical (unpaired) electrons. The van der Waals surface area contributed by atoms with E-state index in [-0.39, 0.29) is 36.2 Å². The van der Waals surface area contributed by atoms with E-state index >= 15 is 0 Å². The number of carbonyl (C=O) groups excluding carboxylic acids is 2. The number of likely N-dealkylation sites (tertiary alicyclic amines) is 1. The zero-order valence-corrected chi connectivity index (χ0v) is 22.3. The van der Waals surface area contributed by atoms with Crippen LogP contribution in [0.4, 0.5) is 14.0 Å². The molecule has 4 atom stereocenters. The number of nitrogens with zero attached hydrogens (tertiary/aromatic N) is 1. The standard InChI is InChI=1S/C26H40ClFN4O5/c1-35-26(34)30-7-10-37-24(20-12-21(27)14-22(28)13-20)19-6-4-8-32(16-19)25(33)31-15-23(29)11-18-5-2-3-9-36-17-18/h12-14,18-19,23-24H,2-11,15-17,29H2,1H3,(H,30,34)(H,31,33)/t18-,19-,23-,24?/m1/s1. The van der Waals surface area contributed by atoms with Gasteiger partial charge < -0.3 is 35.5 Å². The fourth-order valence-corrected chi connectivity index (χ4v) is 5.32. The van der Waals surface area contributed by atoms with Gasteiger partial charge in [0, 0.05) is 56.4 Å². The van der Waals surface area contributed by atoms with Crippen LogP contribution in [0.15, 0.2) is 18.2 Å². The topological polar surface area (TPSA) is 115 Å². The number of urea groups is 1. The molecule has 1 unspecified atom stereocenters. The lowest BCUT2D eigenvalue weighted by molar-refractivity contribution is -0.00864. The van der Waals surface area contributed by atoms with Gasteiger partial charge in [0.2, 0.25) is 0 Å². The molecule has 2 fully saturated rings. The molecule has 11 heteroatoms. The van der Waals surface area contributed by atoms with Crippen LogP contribution in [0, 0.1) is 17.7 Å². The molecule has 2 heterocycles. The van der Waals surface area contributed by atoms with Gasteiger partial charge in [0.1, 0.15) is 5.82 Å². The number of amides is 3. The van der Waals surface area contributed by atoms with E-state index in [2.05, 4.69) is 15.4 Å². The fourth-order valence-electron chi connectivity index (χ4n) is 5.09. The second-order valence-corrected chi connectivity index (χ2v) is 10.3. The second-order valence-electron chi connectivity index (χ2n) is 9.88. The molecule has 208 valence electrons. The highest BCUT2D eigenvalue weighted by Gasteiger charge is 2.32. The van der Waals surface area contributed by atoms with Crippen LogP contribution in [-0.4, -0.2) is 76.2 Å². The maximum absolute atomic E-state index is 14.2. The number of methoxy groups -OCH3 is 1. The van der Waals surface area contributed by atoms with Gasteiger partial charge in [-0.2, -0.15) is 0 Å². The largest absolute Gasteiger partial charge is 0.453 e. The molecule has 3 rings (SSSR count). The van der Waals surface area contributed by atoms with Crippen molar-refractivity contribution < 1.29 is 28.2 Å². The normalized spacial score (nSPS) is 22.0. The fraction of sp³-hybridized carbons (Fsp3) is 0.692. The summed E-state index contributed by atoms with van der Waals surface area (Å²) < 4.78 is 30.5. The van der Waals surface area contributed by atoms with Gasteiger partial charge in [0.25, 0.3) is 0 Å². The zero-order chi connectivity index (χ0) is 26.6. The van der Waals surface area contributed by atoms with Crippen molar-refractivity contribution in [3.63, 3.8) is 0 Å². The molecule has 0 aromatic heterocycles. The molecule has 1 aromatic carbocycles. The van der Waals surface area contributed by atoms with Crippen molar-refractivity contribution in [1.29, 1.82) is 0 Å². The number of hydrogen-bond acceptors (Lipinski definition) is 6. The minimum atomic E-state index is -0.556. The number of ether oxygens (including phenoxy) is 3. The molecule has 2 aliphatic rings. The van der Waals surface area contributed by atoms with Crippen LogP contribution in [0.1, 0.15) is 50.2 Å². The zero-order valence-electron chi connectivity index (χ0n) is 21.6. The Bertz CT molecular complexity index is 851. The summed E-state index contributed by atoms with van der Waals surface area (Å²) in [6.07, 6.45) is 4.69. The number of piperidine rings is 1. The summed E-state index contributed by atoms with van der Waals surface area (Å²) >= 11 is 6.12. The first-order valence-corrected chi connectivity index (χ1v) is 13.5.